The summed E-state index contributed by atoms with van der Waals surface area (Å²) in [5, 5.41) is 10.7. The van der Waals surface area contributed by atoms with Crippen molar-refractivity contribution in [2.45, 2.75) is 25.6 Å². The third kappa shape index (κ3) is 2.98. The Labute approximate surface area is 139 Å². The van der Waals surface area contributed by atoms with Crippen LogP contribution in [0.2, 0.25) is 0 Å². The second-order valence-corrected chi connectivity index (χ2v) is 6.92. The van der Waals surface area contributed by atoms with Crippen molar-refractivity contribution in [3.05, 3.63) is 34.1 Å². The van der Waals surface area contributed by atoms with Crippen LogP contribution in [0.3, 0.4) is 0 Å². The first-order valence-electron chi connectivity index (χ1n) is 8.55. The van der Waals surface area contributed by atoms with Gasteiger partial charge in [0.1, 0.15) is 0 Å². The summed E-state index contributed by atoms with van der Waals surface area (Å²) in [5.41, 5.74) is 0.252. The number of ether oxygens (including phenoxy) is 2. The molecule has 24 heavy (non-hydrogen) atoms. The minimum absolute atomic E-state index is 0.0525. The topological polar surface area (TPSA) is 64.8 Å². The number of nitro groups is 1. The fourth-order valence-corrected chi connectivity index (χ4v) is 4.02. The second kappa shape index (κ2) is 6.29. The van der Waals surface area contributed by atoms with Gasteiger partial charge in [0.15, 0.2) is 12.1 Å². The average Bonchev–Trinajstić information content (AvgIpc) is 3.03. The number of nitrogens with zero attached hydrogens (tertiary/aromatic N) is 2. The summed E-state index contributed by atoms with van der Waals surface area (Å²) in [6.45, 7) is 3.09. The molecule has 7 heteroatoms. The highest BCUT2D eigenvalue weighted by atomic mass is 19.1. The van der Waals surface area contributed by atoms with E-state index in [9.17, 15) is 14.5 Å². The summed E-state index contributed by atoms with van der Waals surface area (Å²) in [6, 6.07) is 3.88. The molecule has 2 aliphatic heterocycles. The van der Waals surface area contributed by atoms with Gasteiger partial charge < -0.3 is 14.4 Å². The van der Waals surface area contributed by atoms with Gasteiger partial charge in [0.25, 0.3) is 5.69 Å². The molecule has 0 aromatic heterocycles. The molecule has 6 nitrogen and oxygen atoms in total. The van der Waals surface area contributed by atoms with E-state index in [-0.39, 0.29) is 12.0 Å². The van der Waals surface area contributed by atoms with Crippen LogP contribution in [0.25, 0.3) is 0 Å². The summed E-state index contributed by atoms with van der Waals surface area (Å²) < 4.78 is 25.5. The van der Waals surface area contributed by atoms with Crippen molar-refractivity contribution in [1.82, 2.24) is 0 Å². The molecule has 1 saturated carbocycles. The Hall–Kier alpha value is -1.73. The van der Waals surface area contributed by atoms with Gasteiger partial charge in [-0.1, -0.05) is 0 Å². The van der Waals surface area contributed by atoms with Crippen LogP contribution in [0.15, 0.2) is 18.2 Å². The first-order valence-corrected chi connectivity index (χ1v) is 8.55. The number of nitro benzene ring substituents is 1. The highest BCUT2D eigenvalue weighted by Gasteiger charge is 2.56. The molecule has 2 saturated heterocycles. The van der Waals surface area contributed by atoms with Crippen molar-refractivity contribution in [3.63, 3.8) is 0 Å². The smallest absolute Gasteiger partial charge is 0.272 e. The van der Waals surface area contributed by atoms with Crippen LogP contribution in [0.5, 0.6) is 0 Å². The summed E-state index contributed by atoms with van der Waals surface area (Å²) >= 11 is 0. The largest absolute Gasteiger partial charge is 0.369 e. The Kier molecular flexibility index (Phi) is 4.14. The maximum absolute atomic E-state index is 14.1. The highest BCUT2D eigenvalue weighted by Crippen LogP contribution is 2.53. The first-order chi connectivity index (χ1) is 11.6. The Bertz CT molecular complexity index is 623. The molecular formula is C17H21FN2O4. The fraction of sp³-hybridized carbons (Fsp3) is 0.647. The molecule has 0 spiro atoms. The molecule has 0 amide bonds. The van der Waals surface area contributed by atoms with Crippen molar-refractivity contribution in [3.8, 4) is 0 Å². The molecule has 0 radical (unpaired) electrons. The van der Waals surface area contributed by atoms with E-state index in [2.05, 4.69) is 0 Å². The third-order valence-electron chi connectivity index (χ3n) is 5.47. The van der Waals surface area contributed by atoms with Crippen molar-refractivity contribution < 1.29 is 18.8 Å². The van der Waals surface area contributed by atoms with Crippen molar-refractivity contribution >= 4 is 11.4 Å². The van der Waals surface area contributed by atoms with Gasteiger partial charge in [0, 0.05) is 25.8 Å². The van der Waals surface area contributed by atoms with Gasteiger partial charge in [-0.25, -0.2) is 4.39 Å². The van der Waals surface area contributed by atoms with Gasteiger partial charge in [-0.3, -0.25) is 10.1 Å². The van der Waals surface area contributed by atoms with E-state index in [4.69, 9.17) is 9.47 Å². The number of piperidine rings is 1. The standard InChI is InChI=1S/C17H21FN2O4/c18-15-7-11(20(21)22)4-5-16(15)19-8-12-13(9-19)14(12)10-24-17-3-1-2-6-23-17/h4-5,7,12-14,17H,1-3,6,8-10H2/t12-,13+,14+,17?. The van der Waals surface area contributed by atoms with Crippen LogP contribution in [0, 0.1) is 33.7 Å². The molecule has 2 heterocycles. The summed E-state index contributed by atoms with van der Waals surface area (Å²) in [5.74, 6) is 1.08. The molecule has 1 aromatic rings. The van der Waals surface area contributed by atoms with E-state index >= 15 is 0 Å². The maximum atomic E-state index is 14.1. The number of fused-ring (bicyclic) bond motifs is 1. The van der Waals surface area contributed by atoms with E-state index < -0.39 is 10.7 Å². The van der Waals surface area contributed by atoms with Crippen molar-refractivity contribution in [2.75, 3.05) is 31.2 Å². The number of hydrogen-bond acceptors (Lipinski definition) is 5. The number of halogens is 1. The minimum atomic E-state index is -0.574. The number of anilines is 1. The number of benzene rings is 1. The van der Waals surface area contributed by atoms with Gasteiger partial charge in [-0.2, -0.15) is 0 Å². The minimum Gasteiger partial charge on any atom is -0.369 e. The maximum Gasteiger partial charge on any atom is 0.272 e. The molecule has 3 fully saturated rings. The average molecular weight is 336 g/mol. The number of non-ortho nitro benzene ring substituents is 1. The molecule has 4 atom stereocenters. The van der Waals surface area contributed by atoms with Crippen LogP contribution in [0.4, 0.5) is 15.8 Å². The second-order valence-electron chi connectivity index (χ2n) is 6.92. The lowest BCUT2D eigenvalue weighted by atomic mass is 10.2. The Balaban J connectivity index is 1.29. The fourth-order valence-electron chi connectivity index (χ4n) is 4.02. The summed E-state index contributed by atoms with van der Waals surface area (Å²) in [7, 11) is 0. The Morgan fingerprint density at radius 3 is 2.75 bits per heavy atom. The van der Waals surface area contributed by atoms with E-state index in [1.54, 1.807) is 0 Å². The molecule has 0 N–H and O–H groups in total. The van der Waals surface area contributed by atoms with Crippen LogP contribution in [-0.4, -0.2) is 37.5 Å². The molecule has 3 aliphatic rings. The Morgan fingerprint density at radius 2 is 2.12 bits per heavy atom. The van der Waals surface area contributed by atoms with Crippen LogP contribution in [0.1, 0.15) is 19.3 Å². The van der Waals surface area contributed by atoms with Crippen LogP contribution >= 0.6 is 0 Å². The first kappa shape index (κ1) is 15.8. The molecule has 130 valence electrons. The van der Waals surface area contributed by atoms with E-state index in [0.29, 0.717) is 23.4 Å². The monoisotopic (exact) mass is 336 g/mol. The summed E-state index contributed by atoms with van der Waals surface area (Å²) in [4.78, 5) is 12.1. The molecule has 1 aliphatic carbocycles. The molecule has 1 unspecified atom stereocenters. The van der Waals surface area contributed by atoms with Gasteiger partial charge in [-0.05, 0) is 43.1 Å². The lowest BCUT2D eigenvalue weighted by molar-refractivity contribution is -0.385. The normalized spacial score (nSPS) is 31.8. The van der Waals surface area contributed by atoms with E-state index in [1.807, 2.05) is 4.90 Å². The zero-order valence-electron chi connectivity index (χ0n) is 13.4. The highest BCUT2D eigenvalue weighted by molar-refractivity contribution is 5.54. The molecule has 0 bridgehead atoms. The predicted octanol–water partition coefficient (Wildman–Crippen LogP) is 2.96. The third-order valence-corrected chi connectivity index (χ3v) is 5.47. The zero-order valence-corrected chi connectivity index (χ0v) is 13.4. The summed E-state index contributed by atoms with van der Waals surface area (Å²) in [6.07, 6.45) is 3.20. The number of rotatable bonds is 5. The van der Waals surface area contributed by atoms with Gasteiger partial charge in [0.05, 0.1) is 23.3 Å². The van der Waals surface area contributed by atoms with Gasteiger partial charge in [0.2, 0.25) is 0 Å². The lowest BCUT2D eigenvalue weighted by Crippen LogP contribution is -2.28. The Morgan fingerprint density at radius 1 is 1.33 bits per heavy atom. The van der Waals surface area contributed by atoms with E-state index in [0.717, 1.165) is 51.6 Å². The SMILES string of the molecule is O=[N+]([O-])c1ccc(N2C[C@@H]3[C@@H](COC4CCCCO4)[C@@H]3C2)c(F)c1. The van der Waals surface area contributed by atoms with Gasteiger partial charge in [-0.15, -0.1) is 0 Å². The molecule has 1 aromatic carbocycles. The quantitative estimate of drug-likeness (QED) is 0.611. The van der Waals surface area contributed by atoms with Crippen molar-refractivity contribution in [2.24, 2.45) is 17.8 Å². The van der Waals surface area contributed by atoms with Crippen LogP contribution in [-0.2, 0) is 9.47 Å². The van der Waals surface area contributed by atoms with Crippen molar-refractivity contribution in [1.29, 1.82) is 0 Å². The molecule has 4 rings (SSSR count). The van der Waals surface area contributed by atoms with Crippen LogP contribution < -0.4 is 4.90 Å². The zero-order chi connectivity index (χ0) is 16.7. The molecular weight excluding hydrogens is 315 g/mol. The predicted molar refractivity (Wildman–Crippen MR) is 85.3 cm³/mol. The lowest BCUT2D eigenvalue weighted by Gasteiger charge is -2.25. The van der Waals surface area contributed by atoms with Gasteiger partial charge >= 0.3 is 0 Å². The van der Waals surface area contributed by atoms with E-state index in [1.165, 1.54) is 12.1 Å². The number of hydrogen-bond donors (Lipinski definition) is 0.